The molecule has 2 aromatic carbocycles. The van der Waals surface area contributed by atoms with Gasteiger partial charge in [-0.25, -0.2) is 9.18 Å². The van der Waals surface area contributed by atoms with E-state index in [0.717, 1.165) is 11.6 Å². The molecule has 0 heterocycles. The molecular formula is C15H10F4O2. The highest BCUT2D eigenvalue weighted by atomic mass is 19.4. The number of aryl methyl sites for hydroxylation is 1. The predicted molar refractivity (Wildman–Crippen MR) is 67.5 cm³/mol. The van der Waals surface area contributed by atoms with Gasteiger partial charge >= 0.3 is 12.1 Å². The quantitative estimate of drug-likeness (QED) is 0.467. The monoisotopic (exact) mass is 298 g/mol. The molecule has 0 spiro atoms. The van der Waals surface area contributed by atoms with E-state index in [1.54, 1.807) is 12.1 Å². The summed E-state index contributed by atoms with van der Waals surface area (Å²) in [6.07, 6.45) is -4.85. The third kappa shape index (κ3) is 3.59. The fraction of sp³-hybridized carbons (Fsp3) is 0.133. The summed E-state index contributed by atoms with van der Waals surface area (Å²) in [6, 6.07) is 8.36. The van der Waals surface area contributed by atoms with Crippen LogP contribution in [0.3, 0.4) is 0 Å². The molecule has 0 aromatic heterocycles. The van der Waals surface area contributed by atoms with Gasteiger partial charge in [0.15, 0.2) is 0 Å². The molecule has 0 unspecified atom stereocenters. The Kier molecular flexibility index (Phi) is 3.97. The molecular weight excluding hydrogens is 288 g/mol. The van der Waals surface area contributed by atoms with Gasteiger partial charge in [0.05, 0.1) is 11.1 Å². The maximum atomic E-state index is 13.1. The van der Waals surface area contributed by atoms with Gasteiger partial charge < -0.3 is 4.74 Å². The third-order valence-electron chi connectivity index (χ3n) is 2.74. The highest BCUT2D eigenvalue weighted by molar-refractivity contribution is 5.91. The lowest BCUT2D eigenvalue weighted by molar-refractivity contribution is -0.140. The van der Waals surface area contributed by atoms with Crippen molar-refractivity contribution in [2.45, 2.75) is 13.1 Å². The van der Waals surface area contributed by atoms with Crippen molar-refractivity contribution >= 4 is 5.97 Å². The molecule has 21 heavy (non-hydrogen) atoms. The van der Waals surface area contributed by atoms with Crippen LogP contribution in [0.4, 0.5) is 17.6 Å². The number of ether oxygens (including phenoxy) is 1. The first kappa shape index (κ1) is 15.0. The summed E-state index contributed by atoms with van der Waals surface area (Å²) >= 11 is 0. The maximum Gasteiger partial charge on any atom is 0.419 e. The number of hydrogen-bond acceptors (Lipinski definition) is 2. The average molecular weight is 298 g/mol. The highest BCUT2D eigenvalue weighted by Gasteiger charge is 2.34. The molecule has 0 N–H and O–H groups in total. The molecule has 2 aromatic rings. The predicted octanol–water partition coefficient (Wildman–Crippen LogP) is 4.37. The van der Waals surface area contributed by atoms with Crippen molar-refractivity contribution in [1.82, 2.24) is 0 Å². The van der Waals surface area contributed by atoms with Crippen molar-refractivity contribution in [2.75, 3.05) is 0 Å². The lowest BCUT2D eigenvalue weighted by Crippen LogP contribution is -2.11. The lowest BCUT2D eigenvalue weighted by atomic mass is 10.1. The number of alkyl halides is 3. The minimum atomic E-state index is -4.85. The number of benzene rings is 2. The van der Waals surface area contributed by atoms with E-state index in [1.165, 1.54) is 12.1 Å². The van der Waals surface area contributed by atoms with E-state index in [9.17, 15) is 22.4 Å². The molecule has 6 heteroatoms. The molecule has 0 aliphatic rings. The van der Waals surface area contributed by atoms with Gasteiger partial charge in [0.1, 0.15) is 11.6 Å². The Balaban J connectivity index is 2.24. The summed E-state index contributed by atoms with van der Waals surface area (Å²) in [6.45, 7) is 1.82. The van der Waals surface area contributed by atoms with Crippen LogP contribution in [-0.2, 0) is 6.18 Å². The van der Waals surface area contributed by atoms with Crippen LogP contribution in [0.25, 0.3) is 0 Å². The van der Waals surface area contributed by atoms with E-state index in [2.05, 4.69) is 0 Å². The molecule has 0 saturated heterocycles. The smallest absolute Gasteiger partial charge is 0.419 e. The Labute approximate surface area is 118 Å². The molecule has 0 saturated carbocycles. The maximum absolute atomic E-state index is 13.1. The minimum Gasteiger partial charge on any atom is -0.423 e. The Morgan fingerprint density at radius 1 is 1.05 bits per heavy atom. The fourth-order valence-electron chi connectivity index (χ4n) is 1.64. The van der Waals surface area contributed by atoms with Crippen molar-refractivity contribution in [3.05, 3.63) is 65.0 Å². The SMILES string of the molecule is Cc1ccc(C(=O)Oc2ccc(F)c(C(F)(F)F)c2)cc1. The van der Waals surface area contributed by atoms with Crippen LogP contribution in [0, 0.1) is 12.7 Å². The fourth-order valence-corrected chi connectivity index (χ4v) is 1.64. The number of halogens is 4. The third-order valence-corrected chi connectivity index (χ3v) is 2.74. The number of esters is 1. The molecule has 0 fully saturated rings. The minimum absolute atomic E-state index is 0.193. The van der Waals surface area contributed by atoms with Crippen LogP contribution in [0.5, 0.6) is 5.75 Å². The molecule has 0 bridgehead atoms. The van der Waals surface area contributed by atoms with E-state index in [-0.39, 0.29) is 11.3 Å². The second-order valence-corrected chi connectivity index (χ2v) is 4.39. The van der Waals surface area contributed by atoms with Gasteiger partial charge in [-0.2, -0.15) is 13.2 Å². The normalized spacial score (nSPS) is 11.3. The number of hydrogen-bond donors (Lipinski definition) is 0. The summed E-state index contributed by atoms with van der Waals surface area (Å²) in [5.74, 6) is -2.60. The molecule has 0 aliphatic carbocycles. The summed E-state index contributed by atoms with van der Waals surface area (Å²) in [5, 5.41) is 0. The average Bonchev–Trinajstić information content (AvgIpc) is 2.40. The van der Waals surface area contributed by atoms with E-state index in [1.807, 2.05) is 6.92 Å². The molecule has 2 nitrogen and oxygen atoms in total. The van der Waals surface area contributed by atoms with Gasteiger partial charge in [-0.3, -0.25) is 0 Å². The topological polar surface area (TPSA) is 26.3 Å². The first-order valence-electron chi connectivity index (χ1n) is 5.93. The van der Waals surface area contributed by atoms with Gasteiger partial charge in [-0.1, -0.05) is 17.7 Å². The van der Waals surface area contributed by atoms with Gasteiger partial charge in [-0.15, -0.1) is 0 Å². The highest BCUT2D eigenvalue weighted by Crippen LogP contribution is 2.33. The first-order valence-corrected chi connectivity index (χ1v) is 5.93. The standard InChI is InChI=1S/C15H10F4O2/c1-9-2-4-10(5-3-9)14(20)21-11-6-7-13(16)12(8-11)15(17,18)19/h2-8H,1H3. The van der Waals surface area contributed by atoms with Gasteiger partial charge in [0, 0.05) is 0 Å². The summed E-state index contributed by atoms with van der Waals surface area (Å²) in [4.78, 5) is 11.8. The second-order valence-electron chi connectivity index (χ2n) is 4.39. The van der Waals surface area contributed by atoms with Crippen LogP contribution in [0.15, 0.2) is 42.5 Å². The van der Waals surface area contributed by atoms with Crippen molar-refractivity contribution in [1.29, 1.82) is 0 Å². The van der Waals surface area contributed by atoms with Crippen LogP contribution in [0.1, 0.15) is 21.5 Å². The van der Waals surface area contributed by atoms with Crippen molar-refractivity contribution in [2.24, 2.45) is 0 Å². The van der Waals surface area contributed by atoms with E-state index in [0.29, 0.717) is 12.1 Å². The molecule has 0 atom stereocenters. The number of carbonyl (C=O) groups is 1. The number of rotatable bonds is 2. The van der Waals surface area contributed by atoms with E-state index in [4.69, 9.17) is 4.74 Å². The van der Waals surface area contributed by atoms with Gasteiger partial charge in [-0.05, 0) is 37.3 Å². The van der Waals surface area contributed by atoms with Gasteiger partial charge in [0.2, 0.25) is 0 Å². The van der Waals surface area contributed by atoms with E-state index >= 15 is 0 Å². The zero-order valence-electron chi connectivity index (χ0n) is 10.9. The zero-order valence-corrected chi connectivity index (χ0v) is 10.9. The number of carbonyl (C=O) groups excluding carboxylic acids is 1. The van der Waals surface area contributed by atoms with Crippen LogP contribution < -0.4 is 4.74 Å². The Hall–Kier alpha value is -2.37. The van der Waals surface area contributed by atoms with Gasteiger partial charge in [0.25, 0.3) is 0 Å². The molecule has 0 amide bonds. The molecule has 110 valence electrons. The molecule has 0 aliphatic heterocycles. The van der Waals surface area contributed by atoms with Crippen LogP contribution >= 0.6 is 0 Å². The summed E-state index contributed by atoms with van der Waals surface area (Å²) in [5.41, 5.74) is -0.358. The van der Waals surface area contributed by atoms with E-state index < -0.39 is 23.5 Å². The summed E-state index contributed by atoms with van der Waals surface area (Å²) in [7, 11) is 0. The molecule has 2 rings (SSSR count). The first-order chi connectivity index (χ1) is 9.77. The van der Waals surface area contributed by atoms with Crippen LogP contribution in [-0.4, -0.2) is 5.97 Å². The second kappa shape index (κ2) is 5.55. The largest absolute Gasteiger partial charge is 0.423 e. The lowest BCUT2D eigenvalue weighted by Gasteiger charge is -2.10. The van der Waals surface area contributed by atoms with Crippen molar-refractivity contribution in [3.8, 4) is 5.75 Å². The van der Waals surface area contributed by atoms with Crippen molar-refractivity contribution < 1.29 is 27.1 Å². The molecule has 0 radical (unpaired) electrons. The Bertz CT molecular complexity index is 660. The van der Waals surface area contributed by atoms with Crippen LogP contribution in [0.2, 0.25) is 0 Å². The Morgan fingerprint density at radius 2 is 1.67 bits per heavy atom. The zero-order chi connectivity index (χ0) is 15.6. The summed E-state index contributed by atoms with van der Waals surface area (Å²) < 4.78 is 55.6. The Morgan fingerprint density at radius 3 is 2.24 bits per heavy atom. The van der Waals surface area contributed by atoms with Crippen molar-refractivity contribution in [3.63, 3.8) is 0 Å².